The molecule has 1 aromatic carbocycles. The minimum absolute atomic E-state index is 0.0698. The van der Waals surface area contributed by atoms with E-state index in [9.17, 15) is 8.42 Å². The van der Waals surface area contributed by atoms with Crippen LogP contribution in [0.5, 0.6) is 0 Å². The maximum absolute atomic E-state index is 11.3. The smallest absolute Gasteiger partial charge is 0.238 e. The molecule has 0 unspecified atom stereocenters. The molecule has 1 heterocycles. The molecule has 1 aliphatic heterocycles. The van der Waals surface area contributed by atoms with E-state index in [2.05, 4.69) is 4.72 Å². The van der Waals surface area contributed by atoms with Crippen LogP contribution in [0.3, 0.4) is 0 Å². The Kier molecular flexibility index (Phi) is 5.22. The summed E-state index contributed by atoms with van der Waals surface area (Å²) in [5.74, 6) is 0. The van der Waals surface area contributed by atoms with E-state index in [-0.39, 0.29) is 4.90 Å². The van der Waals surface area contributed by atoms with Crippen molar-refractivity contribution < 1.29 is 13.2 Å². The predicted octanol–water partition coefficient (Wildman–Crippen LogP) is 1.01. The standard InChI is InChI=1S/C11H15N3O3S3/c12-20(15,16)10-3-1-2-9(8-10)13-19-11(18)14-4-6-17-7-5-14/h1-3,8,13H,4-7H2,(H2,12,15,16). The zero-order valence-electron chi connectivity index (χ0n) is 10.6. The number of anilines is 1. The minimum atomic E-state index is -3.69. The molecule has 1 saturated heterocycles. The Morgan fingerprint density at radius 1 is 1.40 bits per heavy atom. The average Bonchev–Trinajstić information content (AvgIpc) is 2.45. The third-order valence-corrected chi connectivity index (χ3v) is 4.88. The van der Waals surface area contributed by atoms with Crippen LogP contribution in [0.1, 0.15) is 0 Å². The van der Waals surface area contributed by atoms with Crippen molar-refractivity contribution in [2.75, 3.05) is 31.0 Å². The number of benzene rings is 1. The number of hydrogen-bond donors (Lipinski definition) is 2. The molecule has 0 atom stereocenters. The van der Waals surface area contributed by atoms with E-state index in [0.717, 1.165) is 13.1 Å². The summed E-state index contributed by atoms with van der Waals surface area (Å²) in [7, 11) is -3.69. The van der Waals surface area contributed by atoms with E-state index in [1.54, 1.807) is 12.1 Å². The van der Waals surface area contributed by atoms with Crippen molar-refractivity contribution >= 4 is 44.2 Å². The third kappa shape index (κ3) is 4.32. The highest BCUT2D eigenvalue weighted by molar-refractivity contribution is 8.23. The first kappa shape index (κ1) is 15.5. The van der Waals surface area contributed by atoms with Gasteiger partial charge in [0.15, 0.2) is 4.32 Å². The lowest BCUT2D eigenvalue weighted by Crippen LogP contribution is -2.38. The number of thiocarbonyl (C=S) groups is 1. The third-order valence-electron chi connectivity index (χ3n) is 2.69. The molecule has 1 fully saturated rings. The van der Waals surface area contributed by atoms with E-state index >= 15 is 0 Å². The van der Waals surface area contributed by atoms with Gasteiger partial charge >= 0.3 is 0 Å². The number of nitrogens with zero attached hydrogens (tertiary/aromatic N) is 1. The molecule has 9 heteroatoms. The molecule has 0 saturated carbocycles. The quantitative estimate of drug-likeness (QED) is 0.631. The molecule has 0 aromatic heterocycles. The van der Waals surface area contributed by atoms with Crippen LogP contribution in [-0.4, -0.2) is 43.9 Å². The van der Waals surface area contributed by atoms with Crippen LogP contribution < -0.4 is 9.86 Å². The number of rotatable bonds is 3. The highest BCUT2D eigenvalue weighted by atomic mass is 32.2. The molecule has 6 nitrogen and oxygen atoms in total. The molecule has 0 spiro atoms. The van der Waals surface area contributed by atoms with E-state index in [1.165, 1.54) is 24.1 Å². The van der Waals surface area contributed by atoms with Crippen molar-refractivity contribution in [1.29, 1.82) is 0 Å². The van der Waals surface area contributed by atoms with Gasteiger partial charge in [0, 0.05) is 30.7 Å². The molecular weight excluding hydrogens is 318 g/mol. The maximum atomic E-state index is 11.3. The number of nitrogens with two attached hydrogens (primary N) is 1. The summed E-state index contributed by atoms with van der Waals surface area (Å²) in [5.41, 5.74) is 0.636. The van der Waals surface area contributed by atoms with Crippen molar-refractivity contribution in [3.63, 3.8) is 0 Å². The number of morpholine rings is 1. The lowest BCUT2D eigenvalue weighted by Gasteiger charge is -2.28. The Bertz CT molecular complexity index is 586. The number of primary sulfonamides is 1. The largest absolute Gasteiger partial charge is 0.378 e. The lowest BCUT2D eigenvalue weighted by molar-refractivity contribution is 0.0702. The zero-order valence-corrected chi connectivity index (χ0v) is 13.1. The highest BCUT2D eigenvalue weighted by Gasteiger charge is 2.14. The molecule has 0 bridgehead atoms. The lowest BCUT2D eigenvalue weighted by atomic mass is 10.3. The maximum Gasteiger partial charge on any atom is 0.238 e. The zero-order chi connectivity index (χ0) is 14.6. The SMILES string of the molecule is NS(=O)(=O)c1cccc(NSC(=S)N2CCOCC2)c1. The fourth-order valence-corrected chi connectivity index (χ4v) is 3.16. The summed E-state index contributed by atoms with van der Waals surface area (Å²) in [5, 5.41) is 5.09. The van der Waals surface area contributed by atoms with Crippen molar-refractivity contribution in [2.45, 2.75) is 4.90 Å². The highest BCUT2D eigenvalue weighted by Crippen LogP contribution is 2.19. The molecule has 1 aliphatic rings. The first-order valence-electron chi connectivity index (χ1n) is 5.89. The van der Waals surface area contributed by atoms with Gasteiger partial charge in [-0.25, -0.2) is 13.6 Å². The van der Waals surface area contributed by atoms with Crippen LogP contribution in [0, 0.1) is 0 Å². The summed E-state index contributed by atoms with van der Waals surface area (Å²) >= 11 is 6.58. The second-order valence-corrected chi connectivity index (χ2v) is 7.14. The Hall–Kier alpha value is -0.870. The van der Waals surface area contributed by atoms with Crippen LogP contribution in [0.4, 0.5) is 5.69 Å². The summed E-state index contributed by atoms with van der Waals surface area (Å²) < 4.78 is 31.5. The van der Waals surface area contributed by atoms with Crippen molar-refractivity contribution in [3.8, 4) is 0 Å². The van der Waals surface area contributed by atoms with Crippen molar-refractivity contribution in [3.05, 3.63) is 24.3 Å². The van der Waals surface area contributed by atoms with Crippen LogP contribution in [-0.2, 0) is 14.8 Å². The minimum Gasteiger partial charge on any atom is -0.378 e. The number of hydrogen-bond acceptors (Lipinski definition) is 6. The van der Waals surface area contributed by atoms with Gasteiger partial charge < -0.3 is 14.4 Å². The van der Waals surface area contributed by atoms with Crippen molar-refractivity contribution in [1.82, 2.24) is 4.90 Å². The average molecular weight is 333 g/mol. The number of ether oxygens (including phenoxy) is 1. The molecule has 0 amide bonds. The van der Waals surface area contributed by atoms with Gasteiger partial charge in [0.25, 0.3) is 0 Å². The first-order chi connectivity index (χ1) is 9.47. The van der Waals surface area contributed by atoms with Gasteiger partial charge in [-0.05, 0) is 18.2 Å². The Labute approximate surface area is 127 Å². The second kappa shape index (κ2) is 6.72. The molecule has 20 heavy (non-hydrogen) atoms. The molecular formula is C11H15N3O3S3. The number of nitrogens with one attached hydrogen (secondary N) is 1. The van der Waals surface area contributed by atoms with Gasteiger partial charge in [-0.3, -0.25) is 0 Å². The molecule has 1 aromatic rings. The van der Waals surface area contributed by atoms with E-state index in [4.69, 9.17) is 22.1 Å². The van der Waals surface area contributed by atoms with Gasteiger partial charge in [-0.15, -0.1) is 0 Å². The first-order valence-corrected chi connectivity index (χ1v) is 8.66. The second-order valence-electron chi connectivity index (χ2n) is 4.14. The topological polar surface area (TPSA) is 84.7 Å². The molecule has 110 valence electrons. The Morgan fingerprint density at radius 3 is 2.75 bits per heavy atom. The predicted molar refractivity (Wildman–Crippen MR) is 84.0 cm³/mol. The Balaban J connectivity index is 1.95. The van der Waals surface area contributed by atoms with Crippen molar-refractivity contribution in [2.24, 2.45) is 5.14 Å². The normalized spacial score (nSPS) is 15.9. The van der Waals surface area contributed by atoms with Gasteiger partial charge in [0.1, 0.15) is 0 Å². The molecule has 3 N–H and O–H groups in total. The van der Waals surface area contributed by atoms with E-state index < -0.39 is 10.0 Å². The molecule has 0 radical (unpaired) electrons. The summed E-state index contributed by atoms with van der Waals surface area (Å²) in [6.07, 6.45) is 0. The summed E-state index contributed by atoms with van der Waals surface area (Å²) in [4.78, 5) is 2.11. The number of sulfonamides is 1. The van der Waals surface area contributed by atoms with Crippen LogP contribution in [0.25, 0.3) is 0 Å². The van der Waals surface area contributed by atoms with Crippen LogP contribution in [0.2, 0.25) is 0 Å². The molecule has 0 aliphatic carbocycles. The van der Waals surface area contributed by atoms with Crippen LogP contribution in [0.15, 0.2) is 29.2 Å². The summed E-state index contributed by atoms with van der Waals surface area (Å²) in [6, 6.07) is 6.31. The molecule has 2 rings (SSSR count). The fourth-order valence-electron chi connectivity index (χ4n) is 1.65. The van der Waals surface area contributed by atoms with Gasteiger partial charge in [-0.1, -0.05) is 18.3 Å². The Morgan fingerprint density at radius 2 is 2.10 bits per heavy atom. The van der Waals surface area contributed by atoms with E-state index in [0.29, 0.717) is 23.2 Å². The van der Waals surface area contributed by atoms with Gasteiger partial charge in [-0.2, -0.15) is 0 Å². The van der Waals surface area contributed by atoms with Crippen LogP contribution >= 0.6 is 24.2 Å². The van der Waals surface area contributed by atoms with Gasteiger partial charge in [0.2, 0.25) is 10.0 Å². The monoisotopic (exact) mass is 333 g/mol. The van der Waals surface area contributed by atoms with Gasteiger partial charge in [0.05, 0.1) is 18.1 Å². The van der Waals surface area contributed by atoms with E-state index in [1.807, 2.05) is 4.90 Å². The summed E-state index contributed by atoms with van der Waals surface area (Å²) in [6.45, 7) is 2.87. The fraction of sp³-hybridized carbons (Fsp3) is 0.364.